The number of rotatable bonds is 0. The van der Waals surface area contributed by atoms with Gasteiger partial charge in [0.25, 0.3) is 0 Å². The van der Waals surface area contributed by atoms with Gasteiger partial charge in [0.2, 0.25) is 0 Å². The Hall–Kier alpha value is 1.68. The van der Waals surface area contributed by atoms with Crippen LogP contribution in [0.25, 0.3) is 0 Å². The van der Waals surface area contributed by atoms with Crippen LogP contribution in [0.15, 0.2) is 0 Å². The van der Waals surface area contributed by atoms with Crippen LogP contribution in [-0.4, -0.2) is 8.76 Å². The summed E-state index contributed by atoms with van der Waals surface area (Å²) in [5.74, 6) is 0. The fourth-order valence-electron chi connectivity index (χ4n) is 0. The van der Waals surface area contributed by atoms with Crippen molar-refractivity contribution < 1.29 is 65.5 Å². The molecule has 1 N–H and O–H groups in total. The first kappa shape index (κ1) is 9.84. The van der Waals surface area contributed by atoms with Gasteiger partial charge in [-0.3, -0.25) is 4.55 Å². The summed E-state index contributed by atoms with van der Waals surface area (Å²) in [5, 5.41) is 0. The minimum atomic E-state index is -3.11. The minimum absolute atomic E-state index is 0. The molecule has 5 heavy (non-hydrogen) atoms. The molecule has 0 spiro atoms. The zero-order chi connectivity index (χ0) is 3.58. The summed E-state index contributed by atoms with van der Waals surface area (Å²) in [6.45, 7) is 0. The van der Waals surface area contributed by atoms with Crippen molar-refractivity contribution in [3.05, 3.63) is 0 Å². The molecule has 0 aromatic rings. The summed E-state index contributed by atoms with van der Waals surface area (Å²) in [6.07, 6.45) is 0. The van der Waals surface area contributed by atoms with Crippen LogP contribution in [0.3, 0.4) is 0 Å². The van der Waals surface area contributed by atoms with E-state index in [4.69, 9.17) is 8.76 Å². The van der Waals surface area contributed by atoms with Crippen LogP contribution in [0, 0.1) is 0 Å². The van der Waals surface area contributed by atoms with E-state index in [1.54, 1.807) is 0 Å². The normalized spacial score (nSPS) is 12.4. The quantitative estimate of drug-likeness (QED) is 0.215. The summed E-state index contributed by atoms with van der Waals surface area (Å²) < 4.78 is 25.3. The van der Waals surface area contributed by atoms with E-state index >= 15 is 0 Å². The molecule has 0 bridgehead atoms. The molecule has 28 valence electrons. The fraction of sp³-hybridized carbons (Fsp3) is 0. The maximum atomic E-state index is 10.0. The number of halogens is 1. The maximum absolute atomic E-state index is 10.0. The van der Waals surface area contributed by atoms with Crippen molar-refractivity contribution >= 4 is 11.5 Å². The SMILES string of the molecule is O=S(O)F.[H-].[K+]. The second-order valence-corrected chi connectivity index (χ2v) is 0.620. The van der Waals surface area contributed by atoms with Gasteiger partial charge in [-0.2, -0.15) is 4.21 Å². The first-order valence-electron chi connectivity index (χ1n) is 0.504. The van der Waals surface area contributed by atoms with Crippen LogP contribution in [-0.2, 0) is 11.5 Å². The monoisotopic (exact) mass is 124 g/mol. The molecule has 5 heteroatoms. The zero-order valence-corrected chi connectivity index (χ0v) is 6.58. The van der Waals surface area contributed by atoms with Gasteiger partial charge >= 0.3 is 62.9 Å². The van der Waals surface area contributed by atoms with Gasteiger partial charge in [-0.15, -0.1) is 3.89 Å². The average Bonchev–Trinajstić information content (AvgIpc) is 0.811. The van der Waals surface area contributed by atoms with Crippen LogP contribution >= 0.6 is 0 Å². The number of hydrogen-bond acceptors (Lipinski definition) is 1. The van der Waals surface area contributed by atoms with Crippen LogP contribution in [0.1, 0.15) is 1.43 Å². The van der Waals surface area contributed by atoms with Gasteiger partial charge in [0.05, 0.1) is 0 Å². The van der Waals surface area contributed by atoms with Gasteiger partial charge < -0.3 is 1.43 Å². The molecule has 2 nitrogen and oxygen atoms in total. The van der Waals surface area contributed by atoms with Crippen molar-refractivity contribution in [2.24, 2.45) is 0 Å². The van der Waals surface area contributed by atoms with E-state index in [9.17, 15) is 3.89 Å². The third-order valence-corrected chi connectivity index (χ3v) is 0. The Morgan fingerprint density at radius 2 is 2.00 bits per heavy atom. The molecule has 0 radical (unpaired) electrons. The van der Waals surface area contributed by atoms with Crippen LogP contribution in [0.2, 0.25) is 0 Å². The minimum Gasteiger partial charge on any atom is -1.00 e. The Balaban J connectivity index is -0.0000000450. The molecule has 1 atom stereocenters. The topological polar surface area (TPSA) is 37.3 Å². The molecule has 0 heterocycles. The molecule has 0 amide bonds. The van der Waals surface area contributed by atoms with Gasteiger partial charge in [-0.25, -0.2) is 0 Å². The standard InChI is InChI=1S/FHO2S.K.H/c1-4(2)3;;/h(H,2,3);;/q;+1;-1. The largest absolute Gasteiger partial charge is 1.00 e. The van der Waals surface area contributed by atoms with Crippen LogP contribution in [0.5, 0.6) is 0 Å². The Kier molecular flexibility index (Phi) is 11.2. The van der Waals surface area contributed by atoms with E-state index in [1.165, 1.54) is 0 Å². The summed E-state index contributed by atoms with van der Waals surface area (Å²) >= 11 is -3.11. The molecule has 0 saturated carbocycles. The predicted molar refractivity (Wildman–Crippen MR) is 13.0 cm³/mol. The van der Waals surface area contributed by atoms with E-state index in [2.05, 4.69) is 0 Å². The van der Waals surface area contributed by atoms with Crippen molar-refractivity contribution in [1.82, 2.24) is 0 Å². The van der Waals surface area contributed by atoms with Crippen molar-refractivity contribution in [1.29, 1.82) is 0 Å². The van der Waals surface area contributed by atoms with Crippen molar-refractivity contribution in [3.8, 4) is 0 Å². The van der Waals surface area contributed by atoms with Crippen molar-refractivity contribution in [2.45, 2.75) is 0 Å². The molecule has 0 aromatic carbocycles. The molecular weight excluding hydrogens is 122 g/mol. The van der Waals surface area contributed by atoms with Gasteiger partial charge in [-0.1, -0.05) is 0 Å². The van der Waals surface area contributed by atoms with Crippen LogP contribution in [0.4, 0.5) is 3.89 Å². The van der Waals surface area contributed by atoms with Gasteiger partial charge in [0.1, 0.15) is 0 Å². The van der Waals surface area contributed by atoms with Gasteiger partial charge in [0.15, 0.2) is 0 Å². The first-order valence-corrected chi connectivity index (χ1v) is 1.51. The molecule has 0 saturated heterocycles. The zero-order valence-electron chi connectivity index (χ0n) is 3.64. The van der Waals surface area contributed by atoms with E-state index in [0.29, 0.717) is 0 Å². The molecule has 0 aliphatic carbocycles. The predicted octanol–water partition coefficient (Wildman–Crippen LogP) is -2.79. The Morgan fingerprint density at radius 1 is 2.00 bits per heavy atom. The number of hydrogen-bond donors (Lipinski definition) is 1. The summed E-state index contributed by atoms with van der Waals surface area (Å²) in [5.41, 5.74) is 0. The van der Waals surface area contributed by atoms with Gasteiger partial charge in [0, 0.05) is 0 Å². The first-order chi connectivity index (χ1) is 1.73. The molecule has 1 unspecified atom stereocenters. The Morgan fingerprint density at radius 3 is 2.00 bits per heavy atom. The summed E-state index contributed by atoms with van der Waals surface area (Å²) in [6, 6.07) is 0. The third kappa shape index (κ3) is 27.3. The van der Waals surface area contributed by atoms with Gasteiger partial charge in [-0.05, 0) is 0 Å². The Bertz CT molecular complexity index is 36.5. The fourth-order valence-corrected chi connectivity index (χ4v) is 0. The van der Waals surface area contributed by atoms with Crippen LogP contribution < -0.4 is 51.4 Å². The second-order valence-electron chi connectivity index (χ2n) is 0.207. The van der Waals surface area contributed by atoms with E-state index in [1.807, 2.05) is 0 Å². The summed E-state index contributed by atoms with van der Waals surface area (Å²) in [4.78, 5) is 0. The molecule has 0 aliphatic heterocycles. The van der Waals surface area contributed by atoms with Crippen molar-refractivity contribution in [3.63, 3.8) is 0 Å². The van der Waals surface area contributed by atoms with E-state index < -0.39 is 11.5 Å². The third-order valence-electron chi connectivity index (χ3n) is 0. The molecule has 0 rings (SSSR count). The molecular formula is H2FKO2S. The molecule has 0 aliphatic rings. The smallest absolute Gasteiger partial charge is 1.00 e. The summed E-state index contributed by atoms with van der Waals surface area (Å²) in [7, 11) is 0. The maximum Gasteiger partial charge on any atom is 1.00 e. The van der Waals surface area contributed by atoms with Crippen molar-refractivity contribution in [2.75, 3.05) is 0 Å². The average molecular weight is 124 g/mol. The molecule has 0 fully saturated rings. The Labute approximate surface area is 75.6 Å². The van der Waals surface area contributed by atoms with E-state index in [0.717, 1.165) is 0 Å². The van der Waals surface area contributed by atoms with E-state index in [-0.39, 0.29) is 52.8 Å². The molecule has 0 aromatic heterocycles. The second kappa shape index (κ2) is 5.68.